The normalized spacial score (nSPS) is 10.8. The minimum absolute atomic E-state index is 0.267. The summed E-state index contributed by atoms with van der Waals surface area (Å²) in [4.78, 5) is 8.91. The number of aryl methyl sites for hydroxylation is 1. The fourth-order valence-corrected chi connectivity index (χ4v) is 2.18. The summed E-state index contributed by atoms with van der Waals surface area (Å²) in [5, 5.41) is 0.956. The lowest BCUT2D eigenvalue weighted by atomic mass is 10.0. The lowest BCUT2D eigenvalue weighted by Gasteiger charge is -2.08. The number of aromatic nitrogens is 2. The average molecular weight is 252 g/mol. The Morgan fingerprint density at radius 2 is 2.00 bits per heavy atom. The third-order valence-electron chi connectivity index (χ3n) is 3.15. The van der Waals surface area contributed by atoms with E-state index in [-0.39, 0.29) is 5.82 Å². The van der Waals surface area contributed by atoms with E-state index in [0.717, 1.165) is 28.8 Å². The lowest BCUT2D eigenvalue weighted by molar-refractivity contribution is 0.629. The van der Waals surface area contributed by atoms with Gasteiger partial charge in [0.05, 0.1) is 16.9 Å². The number of fused-ring (bicyclic) bond motifs is 1. The molecule has 0 aliphatic rings. The third kappa shape index (κ3) is 2.19. The van der Waals surface area contributed by atoms with Crippen molar-refractivity contribution in [2.24, 2.45) is 0 Å². The first-order valence-electron chi connectivity index (χ1n) is 6.28. The lowest BCUT2D eigenvalue weighted by Crippen LogP contribution is -1.95. The monoisotopic (exact) mass is 252 g/mol. The van der Waals surface area contributed by atoms with Gasteiger partial charge in [0.1, 0.15) is 5.82 Å². The molecule has 0 spiro atoms. The second kappa shape index (κ2) is 4.76. The van der Waals surface area contributed by atoms with Crippen LogP contribution in [0.15, 0.2) is 48.7 Å². The zero-order valence-electron chi connectivity index (χ0n) is 10.6. The van der Waals surface area contributed by atoms with Crippen LogP contribution in [-0.2, 0) is 6.42 Å². The fraction of sp³-hybridized carbons (Fsp3) is 0.125. The molecule has 0 bridgehead atoms. The summed E-state index contributed by atoms with van der Waals surface area (Å²) < 4.78 is 13.3. The number of rotatable bonds is 2. The van der Waals surface area contributed by atoms with E-state index < -0.39 is 0 Å². The Labute approximate surface area is 111 Å². The molecule has 3 heteroatoms. The summed E-state index contributed by atoms with van der Waals surface area (Å²) >= 11 is 0. The van der Waals surface area contributed by atoms with Gasteiger partial charge in [-0.1, -0.05) is 13.0 Å². The van der Waals surface area contributed by atoms with E-state index in [0.29, 0.717) is 5.52 Å². The standard InChI is InChI=1S/C16H13FN2/c1-2-11-9-12-6-7-13(17)10-15(12)19-16(11)14-5-3-4-8-18-14/h3-10H,2H2,1H3. The Bertz CT molecular complexity index is 723. The molecule has 3 rings (SSSR count). The van der Waals surface area contributed by atoms with Crippen molar-refractivity contribution in [3.8, 4) is 11.4 Å². The van der Waals surface area contributed by atoms with Crippen molar-refractivity contribution in [2.75, 3.05) is 0 Å². The molecule has 2 aromatic heterocycles. The van der Waals surface area contributed by atoms with Crippen molar-refractivity contribution in [1.82, 2.24) is 9.97 Å². The van der Waals surface area contributed by atoms with Crippen molar-refractivity contribution in [2.45, 2.75) is 13.3 Å². The first-order valence-corrected chi connectivity index (χ1v) is 6.28. The molecule has 0 amide bonds. The fourth-order valence-electron chi connectivity index (χ4n) is 2.18. The maximum atomic E-state index is 13.3. The average Bonchev–Trinajstić information content (AvgIpc) is 2.46. The van der Waals surface area contributed by atoms with Crippen LogP contribution in [0.1, 0.15) is 12.5 Å². The molecule has 1 aromatic carbocycles. The van der Waals surface area contributed by atoms with Gasteiger partial charge in [-0.05, 0) is 42.3 Å². The SMILES string of the molecule is CCc1cc2ccc(F)cc2nc1-c1ccccn1. The first kappa shape index (κ1) is 11.8. The Morgan fingerprint density at radius 3 is 2.74 bits per heavy atom. The highest BCUT2D eigenvalue weighted by Crippen LogP contribution is 2.25. The van der Waals surface area contributed by atoms with E-state index >= 15 is 0 Å². The largest absolute Gasteiger partial charge is 0.255 e. The Balaban J connectivity index is 2.28. The molecular formula is C16H13FN2. The van der Waals surface area contributed by atoms with Gasteiger partial charge in [-0.2, -0.15) is 0 Å². The van der Waals surface area contributed by atoms with Crippen LogP contribution < -0.4 is 0 Å². The van der Waals surface area contributed by atoms with E-state index in [9.17, 15) is 4.39 Å². The number of hydrogen-bond acceptors (Lipinski definition) is 2. The zero-order chi connectivity index (χ0) is 13.2. The topological polar surface area (TPSA) is 25.8 Å². The summed E-state index contributed by atoms with van der Waals surface area (Å²) in [6.07, 6.45) is 2.61. The van der Waals surface area contributed by atoms with Gasteiger partial charge >= 0.3 is 0 Å². The van der Waals surface area contributed by atoms with Gasteiger partial charge < -0.3 is 0 Å². The van der Waals surface area contributed by atoms with E-state index in [1.807, 2.05) is 18.2 Å². The number of nitrogens with zero attached hydrogens (tertiary/aromatic N) is 2. The van der Waals surface area contributed by atoms with Crippen LogP contribution in [0.5, 0.6) is 0 Å². The molecule has 2 heterocycles. The van der Waals surface area contributed by atoms with Gasteiger partial charge in [0.2, 0.25) is 0 Å². The van der Waals surface area contributed by atoms with Crippen molar-refractivity contribution in [3.05, 3.63) is 60.0 Å². The number of benzene rings is 1. The van der Waals surface area contributed by atoms with Crippen LogP contribution in [0.4, 0.5) is 4.39 Å². The Morgan fingerprint density at radius 1 is 1.11 bits per heavy atom. The summed E-state index contributed by atoms with van der Waals surface area (Å²) in [5.41, 5.74) is 3.45. The van der Waals surface area contributed by atoms with Crippen LogP contribution in [-0.4, -0.2) is 9.97 Å². The number of pyridine rings is 2. The molecule has 0 radical (unpaired) electrons. The van der Waals surface area contributed by atoms with Crippen molar-refractivity contribution in [1.29, 1.82) is 0 Å². The second-order valence-electron chi connectivity index (χ2n) is 4.40. The van der Waals surface area contributed by atoms with Crippen molar-refractivity contribution < 1.29 is 4.39 Å². The summed E-state index contributed by atoms with van der Waals surface area (Å²) in [6, 6.07) is 12.5. The minimum atomic E-state index is -0.267. The highest BCUT2D eigenvalue weighted by Gasteiger charge is 2.09. The predicted octanol–water partition coefficient (Wildman–Crippen LogP) is 4.00. The van der Waals surface area contributed by atoms with Gasteiger partial charge in [0.25, 0.3) is 0 Å². The highest BCUT2D eigenvalue weighted by atomic mass is 19.1. The molecule has 0 saturated carbocycles. The van der Waals surface area contributed by atoms with E-state index in [1.165, 1.54) is 12.1 Å². The van der Waals surface area contributed by atoms with Crippen LogP contribution in [0, 0.1) is 5.82 Å². The molecule has 0 fully saturated rings. The van der Waals surface area contributed by atoms with Gasteiger partial charge in [0, 0.05) is 17.6 Å². The Hall–Kier alpha value is -2.29. The molecule has 0 N–H and O–H groups in total. The molecule has 0 saturated heterocycles. The summed E-state index contributed by atoms with van der Waals surface area (Å²) in [7, 11) is 0. The van der Waals surface area contributed by atoms with Crippen molar-refractivity contribution >= 4 is 10.9 Å². The van der Waals surface area contributed by atoms with Crippen LogP contribution in [0.25, 0.3) is 22.3 Å². The number of halogens is 1. The van der Waals surface area contributed by atoms with E-state index in [4.69, 9.17) is 0 Å². The molecule has 0 aliphatic carbocycles. The molecule has 19 heavy (non-hydrogen) atoms. The molecule has 3 aromatic rings. The second-order valence-corrected chi connectivity index (χ2v) is 4.40. The van der Waals surface area contributed by atoms with Gasteiger partial charge in [-0.15, -0.1) is 0 Å². The summed E-state index contributed by atoms with van der Waals surface area (Å²) in [6.45, 7) is 2.08. The molecule has 0 unspecified atom stereocenters. The van der Waals surface area contributed by atoms with E-state index in [2.05, 4.69) is 23.0 Å². The molecular weight excluding hydrogens is 239 g/mol. The zero-order valence-corrected chi connectivity index (χ0v) is 10.6. The summed E-state index contributed by atoms with van der Waals surface area (Å²) in [5.74, 6) is -0.267. The van der Waals surface area contributed by atoms with Crippen LogP contribution >= 0.6 is 0 Å². The smallest absolute Gasteiger partial charge is 0.125 e. The van der Waals surface area contributed by atoms with E-state index in [1.54, 1.807) is 12.3 Å². The van der Waals surface area contributed by atoms with Gasteiger partial charge in [-0.25, -0.2) is 9.37 Å². The van der Waals surface area contributed by atoms with Crippen LogP contribution in [0.3, 0.4) is 0 Å². The predicted molar refractivity (Wildman–Crippen MR) is 74.3 cm³/mol. The van der Waals surface area contributed by atoms with Crippen molar-refractivity contribution in [3.63, 3.8) is 0 Å². The third-order valence-corrected chi connectivity index (χ3v) is 3.15. The molecule has 0 aliphatic heterocycles. The van der Waals surface area contributed by atoms with Crippen LogP contribution in [0.2, 0.25) is 0 Å². The molecule has 0 atom stereocenters. The Kier molecular flexibility index (Phi) is 2.95. The molecule has 2 nitrogen and oxygen atoms in total. The quantitative estimate of drug-likeness (QED) is 0.689. The number of hydrogen-bond donors (Lipinski definition) is 0. The maximum Gasteiger partial charge on any atom is 0.125 e. The van der Waals surface area contributed by atoms with Gasteiger partial charge in [0.15, 0.2) is 0 Å². The maximum absolute atomic E-state index is 13.3. The minimum Gasteiger partial charge on any atom is -0.255 e. The first-order chi connectivity index (χ1) is 9.28. The van der Waals surface area contributed by atoms with Gasteiger partial charge in [-0.3, -0.25) is 4.98 Å². The highest BCUT2D eigenvalue weighted by molar-refractivity contribution is 5.82. The molecule has 94 valence electrons.